The Balaban J connectivity index is 1.86. The first kappa shape index (κ1) is 18.4. The lowest BCUT2D eigenvalue weighted by atomic mass is 9.84. The van der Waals surface area contributed by atoms with Gasteiger partial charge in [-0.05, 0) is 37.8 Å². The monoisotopic (exact) mass is 376 g/mol. The van der Waals surface area contributed by atoms with Gasteiger partial charge in [-0.3, -0.25) is 9.78 Å². The second kappa shape index (κ2) is 7.86. The summed E-state index contributed by atoms with van der Waals surface area (Å²) in [5, 5.41) is 23.1. The van der Waals surface area contributed by atoms with Gasteiger partial charge in [-0.25, -0.2) is 4.98 Å². The summed E-state index contributed by atoms with van der Waals surface area (Å²) in [7, 11) is 0. The third-order valence-electron chi connectivity index (χ3n) is 4.77. The van der Waals surface area contributed by atoms with Crippen molar-refractivity contribution in [2.75, 3.05) is 0 Å². The molecule has 0 aromatic carbocycles. The van der Waals surface area contributed by atoms with E-state index in [-0.39, 0.29) is 28.3 Å². The molecule has 1 fully saturated rings. The zero-order chi connectivity index (χ0) is 18.7. The number of aromatic hydroxyl groups is 2. The molecule has 3 rings (SSSR count). The van der Waals surface area contributed by atoms with Gasteiger partial charge in [0, 0.05) is 12.2 Å². The number of carbonyl (C=O) groups excluding carboxylic acids is 1. The number of carbonyl (C=O) groups is 1. The lowest BCUT2D eigenvalue weighted by Crippen LogP contribution is -2.39. The molecular formula is C18H21ClN4O3. The van der Waals surface area contributed by atoms with Crippen LogP contribution in [0.2, 0.25) is 5.02 Å². The van der Waals surface area contributed by atoms with E-state index in [0.29, 0.717) is 5.92 Å². The van der Waals surface area contributed by atoms with Crippen LogP contribution < -0.4 is 5.32 Å². The number of nitrogens with zero attached hydrogens (tertiary/aromatic N) is 3. The topological polar surface area (TPSA) is 108 Å². The smallest absolute Gasteiger partial charge is 0.274 e. The number of pyridine rings is 1. The predicted molar refractivity (Wildman–Crippen MR) is 97.1 cm³/mol. The van der Waals surface area contributed by atoms with Gasteiger partial charge in [0.15, 0.2) is 11.5 Å². The van der Waals surface area contributed by atoms with E-state index < -0.39 is 17.5 Å². The van der Waals surface area contributed by atoms with Crippen molar-refractivity contribution in [3.63, 3.8) is 0 Å². The largest absolute Gasteiger partial charge is 0.501 e. The molecule has 8 heteroatoms. The van der Waals surface area contributed by atoms with Crippen molar-refractivity contribution in [1.29, 1.82) is 0 Å². The van der Waals surface area contributed by atoms with Crippen LogP contribution >= 0.6 is 11.6 Å². The molecule has 0 bridgehead atoms. The van der Waals surface area contributed by atoms with E-state index in [1.165, 1.54) is 12.6 Å². The summed E-state index contributed by atoms with van der Waals surface area (Å²) in [6.45, 7) is 1.95. The first-order chi connectivity index (χ1) is 12.5. The first-order valence-corrected chi connectivity index (χ1v) is 9.07. The highest BCUT2D eigenvalue weighted by molar-refractivity contribution is 6.32. The van der Waals surface area contributed by atoms with Gasteiger partial charge in [-0.2, -0.15) is 4.98 Å². The quantitative estimate of drug-likeness (QED) is 0.755. The molecule has 1 atom stereocenters. The fraction of sp³-hybridized carbons (Fsp3) is 0.444. The average Bonchev–Trinajstić information content (AvgIpc) is 2.65. The maximum Gasteiger partial charge on any atom is 0.274 e. The Morgan fingerprint density at radius 1 is 1.27 bits per heavy atom. The van der Waals surface area contributed by atoms with Gasteiger partial charge in [-0.15, -0.1) is 0 Å². The fourth-order valence-electron chi connectivity index (χ4n) is 3.28. The Hall–Kier alpha value is -2.41. The molecule has 1 aliphatic carbocycles. The van der Waals surface area contributed by atoms with Crippen LogP contribution in [0.25, 0.3) is 11.5 Å². The summed E-state index contributed by atoms with van der Waals surface area (Å²) in [5.41, 5.74) is -0.0734. The van der Waals surface area contributed by atoms with Crippen LogP contribution in [-0.4, -0.2) is 37.1 Å². The van der Waals surface area contributed by atoms with E-state index in [2.05, 4.69) is 20.3 Å². The molecule has 0 unspecified atom stereocenters. The normalized spacial score (nSPS) is 16.2. The van der Waals surface area contributed by atoms with E-state index >= 15 is 0 Å². The van der Waals surface area contributed by atoms with Crippen LogP contribution in [0.5, 0.6) is 11.6 Å². The van der Waals surface area contributed by atoms with Crippen LogP contribution in [0.1, 0.15) is 49.5 Å². The number of nitrogens with one attached hydrogen (secondary N) is 1. The van der Waals surface area contributed by atoms with Crippen molar-refractivity contribution >= 4 is 17.5 Å². The second-order valence-electron chi connectivity index (χ2n) is 6.56. The Morgan fingerprint density at radius 3 is 2.69 bits per heavy atom. The summed E-state index contributed by atoms with van der Waals surface area (Å²) >= 11 is 6.08. The van der Waals surface area contributed by atoms with Crippen LogP contribution in [0, 0.1) is 5.92 Å². The highest BCUT2D eigenvalue weighted by Gasteiger charge is 2.26. The summed E-state index contributed by atoms with van der Waals surface area (Å²) in [5.74, 6) is -1.54. The number of rotatable bonds is 4. The molecule has 2 heterocycles. The van der Waals surface area contributed by atoms with Crippen molar-refractivity contribution in [3.8, 4) is 23.1 Å². The molecule has 2 aromatic heterocycles. The Labute approximate surface area is 156 Å². The number of aromatic nitrogens is 3. The Bertz CT molecular complexity index is 809. The lowest BCUT2D eigenvalue weighted by Gasteiger charge is -2.28. The molecule has 3 N–H and O–H groups in total. The van der Waals surface area contributed by atoms with Crippen LogP contribution in [0.15, 0.2) is 18.3 Å². The Kier molecular flexibility index (Phi) is 5.56. The SMILES string of the molecule is C[C@@H](NC(=O)c1nc(-c2ncccc2Cl)nc(O)c1O)C1CCCCC1. The summed E-state index contributed by atoms with van der Waals surface area (Å²) in [6.07, 6.45) is 7.18. The third-order valence-corrected chi connectivity index (χ3v) is 5.07. The molecular weight excluding hydrogens is 356 g/mol. The van der Waals surface area contributed by atoms with E-state index in [4.69, 9.17) is 11.6 Å². The summed E-state index contributed by atoms with van der Waals surface area (Å²) in [6, 6.07) is 3.19. The van der Waals surface area contributed by atoms with Gasteiger partial charge in [0.05, 0.1) is 5.02 Å². The maximum absolute atomic E-state index is 12.6. The second-order valence-corrected chi connectivity index (χ2v) is 6.97. The van der Waals surface area contributed by atoms with Crippen LogP contribution in [0.3, 0.4) is 0 Å². The number of amides is 1. The molecule has 0 saturated heterocycles. The van der Waals surface area contributed by atoms with Crippen molar-refractivity contribution in [1.82, 2.24) is 20.3 Å². The third kappa shape index (κ3) is 3.88. The minimum Gasteiger partial charge on any atom is -0.501 e. The molecule has 2 aromatic rings. The zero-order valence-corrected chi connectivity index (χ0v) is 15.2. The average molecular weight is 377 g/mol. The highest BCUT2D eigenvalue weighted by Crippen LogP contribution is 2.31. The molecule has 1 amide bonds. The minimum absolute atomic E-state index is 0.0265. The van der Waals surface area contributed by atoms with E-state index in [1.807, 2.05) is 6.92 Å². The van der Waals surface area contributed by atoms with E-state index in [0.717, 1.165) is 25.7 Å². The van der Waals surface area contributed by atoms with Crippen molar-refractivity contribution in [2.24, 2.45) is 5.92 Å². The molecule has 7 nitrogen and oxygen atoms in total. The molecule has 0 radical (unpaired) electrons. The number of hydrogen-bond acceptors (Lipinski definition) is 6. The van der Waals surface area contributed by atoms with Gasteiger partial charge < -0.3 is 15.5 Å². The lowest BCUT2D eigenvalue weighted by molar-refractivity contribution is 0.0910. The summed E-state index contributed by atoms with van der Waals surface area (Å²) < 4.78 is 0. The predicted octanol–water partition coefficient (Wildman–Crippen LogP) is 3.30. The van der Waals surface area contributed by atoms with Crippen LogP contribution in [-0.2, 0) is 0 Å². The van der Waals surface area contributed by atoms with Gasteiger partial charge in [0.1, 0.15) is 5.69 Å². The van der Waals surface area contributed by atoms with Crippen LogP contribution in [0.4, 0.5) is 0 Å². The highest BCUT2D eigenvalue weighted by atomic mass is 35.5. The molecule has 138 valence electrons. The maximum atomic E-state index is 12.6. The molecule has 0 aliphatic heterocycles. The number of halogens is 1. The Morgan fingerprint density at radius 2 is 2.00 bits per heavy atom. The van der Waals surface area contributed by atoms with E-state index in [9.17, 15) is 15.0 Å². The van der Waals surface area contributed by atoms with Gasteiger partial charge in [-0.1, -0.05) is 30.9 Å². The molecule has 1 aliphatic rings. The first-order valence-electron chi connectivity index (χ1n) is 8.69. The zero-order valence-electron chi connectivity index (χ0n) is 14.4. The standard InChI is InChI=1S/C18H21ClN4O3/c1-10(11-6-3-2-4-7-11)21-17(25)14-15(24)18(26)23-16(22-14)13-12(19)8-5-9-20-13/h5,8-11,24H,2-4,6-7H2,1H3,(H,21,25)(H,22,23,26)/t10-/m1/s1. The molecule has 0 spiro atoms. The molecule has 26 heavy (non-hydrogen) atoms. The van der Waals surface area contributed by atoms with Gasteiger partial charge in [0.25, 0.3) is 11.8 Å². The fourth-order valence-corrected chi connectivity index (χ4v) is 3.49. The van der Waals surface area contributed by atoms with Gasteiger partial charge >= 0.3 is 0 Å². The van der Waals surface area contributed by atoms with E-state index in [1.54, 1.807) is 12.1 Å². The van der Waals surface area contributed by atoms with Crippen molar-refractivity contribution in [2.45, 2.75) is 45.1 Å². The van der Waals surface area contributed by atoms with Crippen molar-refractivity contribution in [3.05, 3.63) is 29.0 Å². The van der Waals surface area contributed by atoms with Gasteiger partial charge in [0.2, 0.25) is 5.75 Å². The minimum atomic E-state index is -0.688. The molecule has 1 saturated carbocycles. The summed E-state index contributed by atoms with van der Waals surface area (Å²) in [4.78, 5) is 24.6. The number of hydrogen-bond donors (Lipinski definition) is 3. The van der Waals surface area contributed by atoms with Crippen molar-refractivity contribution < 1.29 is 15.0 Å².